The van der Waals surface area contributed by atoms with Crippen molar-refractivity contribution in [3.8, 4) is 0 Å². The van der Waals surface area contributed by atoms with Crippen LogP contribution in [0.3, 0.4) is 0 Å². The van der Waals surface area contributed by atoms with E-state index in [1.807, 2.05) is 13.8 Å². The average molecular weight is 254 g/mol. The number of esters is 1. The molecule has 16 heavy (non-hydrogen) atoms. The minimum atomic E-state index is -2.30. The van der Waals surface area contributed by atoms with E-state index in [0.29, 0.717) is 0 Å². The van der Waals surface area contributed by atoms with Gasteiger partial charge in [0.2, 0.25) is 6.43 Å². The molecule has 0 spiro atoms. The Morgan fingerprint density at radius 3 is 2.19 bits per heavy atom. The number of halogens is 2. The van der Waals surface area contributed by atoms with Crippen LogP contribution >= 0.6 is 11.8 Å². The highest BCUT2D eigenvalue weighted by Crippen LogP contribution is 2.23. The summed E-state index contributed by atoms with van der Waals surface area (Å²) >= 11 is 1.25. The van der Waals surface area contributed by atoms with Crippen LogP contribution < -0.4 is 0 Å². The fourth-order valence-electron chi connectivity index (χ4n) is 1.12. The molecule has 0 saturated heterocycles. The van der Waals surface area contributed by atoms with Gasteiger partial charge in [-0.2, -0.15) is 0 Å². The van der Waals surface area contributed by atoms with E-state index in [2.05, 4.69) is 0 Å². The molecule has 5 heteroatoms. The summed E-state index contributed by atoms with van der Waals surface area (Å²) < 4.78 is 29.0. The summed E-state index contributed by atoms with van der Waals surface area (Å²) in [7, 11) is 0. The van der Waals surface area contributed by atoms with E-state index < -0.39 is 6.43 Å². The second kappa shape index (κ2) is 7.87. The zero-order valence-electron chi connectivity index (χ0n) is 10.2. The quantitative estimate of drug-likeness (QED) is 0.652. The summed E-state index contributed by atoms with van der Waals surface area (Å²) in [5.41, 5.74) is 0. The Morgan fingerprint density at radius 2 is 1.81 bits per heavy atom. The first-order valence-corrected chi connectivity index (χ1v) is 6.49. The van der Waals surface area contributed by atoms with E-state index in [1.165, 1.54) is 11.8 Å². The van der Waals surface area contributed by atoms with Gasteiger partial charge in [0.25, 0.3) is 0 Å². The van der Waals surface area contributed by atoms with Crippen molar-refractivity contribution in [2.45, 2.75) is 51.9 Å². The van der Waals surface area contributed by atoms with Gasteiger partial charge in [-0.3, -0.25) is 4.79 Å². The number of thioether (sulfide) groups is 1. The van der Waals surface area contributed by atoms with Crippen LogP contribution in [-0.2, 0) is 9.53 Å². The third-order valence-electron chi connectivity index (χ3n) is 1.82. The van der Waals surface area contributed by atoms with Crippen LogP contribution in [0.2, 0.25) is 0 Å². The molecule has 1 atom stereocenters. The van der Waals surface area contributed by atoms with Crippen LogP contribution in [0, 0.1) is 5.92 Å². The van der Waals surface area contributed by atoms with Crippen molar-refractivity contribution in [3.05, 3.63) is 0 Å². The minimum absolute atomic E-state index is 0.0916. The molecular weight excluding hydrogens is 234 g/mol. The Hall–Kier alpha value is -0.320. The van der Waals surface area contributed by atoms with Crippen LogP contribution in [0.1, 0.15) is 34.1 Å². The SMILES string of the molecule is CC(C)OC(=O)C(SCCC(F)F)C(C)C. The summed E-state index contributed by atoms with van der Waals surface area (Å²) in [4.78, 5) is 11.6. The molecule has 0 heterocycles. The molecule has 0 bridgehead atoms. The van der Waals surface area contributed by atoms with Crippen LogP contribution in [0.25, 0.3) is 0 Å². The smallest absolute Gasteiger partial charge is 0.319 e. The molecule has 2 nitrogen and oxygen atoms in total. The lowest BCUT2D eigenvalue weighted by Crippen LogP contribution is -2.28. The first kappa shape index (κ1) is 15.7. The maximum atomic E-state index is 12.0. The van der Waals surface area contributed by atoms with Gasteiger partial charge in [0.15, 0.2) is 0 Å². The highest BCUT2D eigenvalue weighted by Gasteiger charge is 2.25. The molecule has 0 saturated carbocycles. The van der Waals surface area contributed by atoms with E-state index in [9.17, 15) is 13.6 Å². The maximum absolute atomic E-state index is 12.0. The Kier molecular flexibility index (Phi) is 7.72. The van der Waals surface area contributed by atoms with Crippen molar-refractivity contribution in [3.63, 3.8) is 0 Å². The van der Waals surface area contributed by atoms with Gasteiger partial charge in [0.1, 0.15) is 5.25 Å². The standard InChI is InChI=1S/C11H20F2O2S/c1-7(2)10(11(14)15-8(3)4)16-6-5-9(12)13/h7-10H,5-6H2,1-4H3. The second-order valence-electron chi connectivity index (χ2n) is 4.20. The van der Waals surface area contributed by atoms with Crippen LogP contribution in [0.4, 0.5) is 8.78 Å². The lowest BCUT2D eigenvalue weighted by atomic mass is 10.1. The summed E-state index contributed by atoms with van der Waals surface area (Å²) in [6.07, 6.45) is -2.64. The van der Waals surface area contributed by atoms with Gasteiger partial charge in [-0.1, -0.05) is 13.8 Å². The second-order valence-corrected chi connectivity index (χ2v) is 5.45. The number of hydrogen-bond acceptors (Lipinski definition) is 3. The lowest BCUT2D eigenvalue weighted by molar-refractivity contribution is -0.147. The first-order chi connectivity index (χ1) is 7.34. The fourth-order valence-corrected chi connectivity index (χ4v) is 2.26. The maximum Gasteiger partial charge on any atom is 0.319 e. The molecular formula is C11H20F2O2S. The summed E-state index contributed by atoms with van der Waals surface area (Å²) in [5.74, 6) is 0.0754. The Balaban J connectivity index is 4.11. The number of carbonyl (C=O) groups excluding carboxylic acids is 1. The third-order valence-corrected chi connectivity index (χ3v) is 3.39. The minimum Gasteiger partial charge on any atom is -0.462 e. The molecule has 1 unspecified atom stereocenters. The van der Waals surface area contributed by atoms with Gasteiger partial charge in [-0.25, -0.2) is 8.78 Å². The fraction of sp³-hybridized carbons (Fsp3) is 0.909. The molecule has 96 valence electrons. The Labute approximate surface area is 100 Å². The van der Waals surface area contributed by atoms with Gasteiger partial charge in [0, 0.05) is 6.42 Å². The predicted octanol–water partition coefficient (Wildman–Crippen LogP) is 3.35. The zero-order chi connectivity index (χ0) is 12.7. The van der Waals surface area contributed by atoms with Crippen molar-refractivity contribution >= 4 is 17.7 Å². The molecule has 0 aliphatic heterocycles. The van der Waals surface area contributed by atoms with Crippen LogP contribution in [0.5, 0.6) is 0 Å². The van der Waals surface area contributed by atoms with E-state index in [0.717, 1.165) is 0 Å². The average Bonchev–Trinajstić information content (AvgIpc) is 2.09. The van der Waals surface area contributed by atoms with Crippen molar-refractivity contribution in [1.82, 2.24) is 0 Å². The topological polar surface area (TPSA) is 26.3 Å². The number of ether oxygens (including phenoxy) is 1. The molecule has 0 aromatic carbocycles. The highest BCUT2D eigenvalue weighted by molar-refractivity contribution is 8.00. The van der Waals surface area contributed by atoms with E-state index >= 15 is 0 Å². The largest absolute Gasteiger partial charge is 0.462 e. The summed E-state index contributed by atoms with van der Waals surface area (Å²) in [6, 6.07) is 0. The molecule has 0 aliphatic rings. The summed E-state index contributed by atoms with van der Waals surface area (Å²) in [5, 5.41) is -0.346. The monoisotopic (exact) mass is 254 g/mol. The Morgan fingerprint density at radius 1 is 1.25 bits per heavy atom. The molecule has 0 amide bonds. The third kappa shape index (κ3) is 7.04. The molecule has 0 radical (unpaired) electrons. The molecule has 0 N–H and O–H groups in total. The normalized spacial score (nSPS) is 13.6. The van der Waals surface area contributed by atoms with Gasteiger partial charge < -0.3 is 4.74 Å². The molecule has 0 rings (SSSR count). The van der Waals surface area contributed by atoms with Crippen molar-refractivity contribution in [2.24, 2.45) is 5.92 Å². The molecule has 0 aliphatic carbocycles. The first-order valence-electron chi connectivity index (χ1n) is 5.44. The van der Waals surface area contributed by atoms with E-state index in [-0.39, 0.29) is 35.4 Å². The number of alkyl halides is 2. The number of rotatable bonds is 7. The van der Waals surface area contributed by atoms with E-state index in [4.69, 9.17) is 4.74 Å². The highest BCUT2D eigenvalue weighted by atomic mass is 32.2. The van der Waals surface area contributed by atoms with Crippen LogP contribution in [0.15, 0.2) is 0 Å². The number of carbonyl (C=O) groups is 1. The van der Waals surface area contributed by atoms with Crippen molar-refractivity contribution in [2.75, 3.05) is 5.75 Å². The zero-order valence-corrected chi connectivity index (χ0v) is 11.0. The molecule has 0 aromatic rings. The molecule has 0 aromatic heterocycles. The summed E-state index contributed by atoms with van der Waals surface area (Å²) in [6.45, 7) is 7.33. The van der Waals surface area contributed by atoms with Gasteiger partial charge in [0.05, 0.1) is 6.10 Å². The Bertz CT molecular complexity index is 208. The van der Waals surface area contributed by atoms with E-state index in [1.54, 1.807) is 13.8 Å². The van der Waals surface area contributed by atoms with Gasteiger partial charge in [-0.05, 0) is 25.5 Å². The van der Waals surface area contributed by atoms with Crippen LogP contribution in [-0.4, -0.2) is 29.5 Å². The van der Waals surface area contributed by atoms with Crippen molar-refractivity contribution < 1.29 is 18.3 Å². The van der Waals surface area contributed by atoms with Gasteiger partial charge >= 0.3 is 5.97 Å². The lowest BCUT2D eigenvalue weighted by Gasteiger charge is -2.20. The number of hydrogen-bond donors (Lipinski definition) is 0. The van der Waals surface area contributed by atoms with Gasteiger partial charge in [-0.15, -0.1) is 11.8 Å². The van der Waals surface area contributed by atoms with Crippen molar-refractivity contribution in [1.29, 1.82) is 0 Å². The predicted molar refractivity (Wildman–Crippen MR) is 62.9 cm³/mol. The molecule has 0 fully saturated rings.